The molecule has 178 valence electrons. The first kappa shape index (κ1) is 24.2. The molecule has 0 fully saturated rings. The molecular weight excluding hydrogens is 450 g/mol. The summed E-state index contributed by atoms with van der Waals surface area (Å²) in [7, 11) is 0. The van der Waals surface area contributed by atoms with Gasteiger partial charge in [0.2, 0.25) is 0 Å². The Morgan fingerprint density at radius 3 is 2.53 bits per heavy atom. The Bertz CT molecular complexity index is 1210. The van der Waals surface area contributed by atoms with E-state index >= 15 is 0 Å². The van der Waals surface area contributed by atoms with Crippen molar-refractivity contribution in [2.75, 3.05) is 18.1 Å². The zero-order chi connectivity index (χ0) is 24.5. The van der Waals surface area contributed by atoms with E-state index in [1.165, 1.54) is 0 Å². The molecule has 4 rings (SSSR count). The smallest absolute Gasteiger partial charge is 0.308 e. The number of halogens is 1. The number of anilines is 1. The van der Waals surface area contributed by atoms with Gasteiger partial charge in [-0.2, -0.15) is 0 Å². The highest BCUT2D eigenvalue weighted by Gasteiger charge is 2.39. The first-order chi connectivity index (χ1) is 16.2. The van der Waals surface area contributed by atoms with Crippen LogP contribution in [0.3, 0.4) is 0 Å². The van der Waals surface area contributed by atoms with E-state index in [1.807, 2.05) is 54.6 Å². The van der Waals surface area contributed by atoms with Crippen LogP contribution in [0, 0.1) is 5.41 Å². The molecule has 0 bridgehead atoms. The van der Waals surface area contributed by atoms with Gasteiger partial charge in [0.05, 0.1) is 13.0 Å². The molecule has 0 saturated carbocycles. The van der Waals surface area contributed by atoms with Gasteiger partial charge in [-0.25, -0.2) is 0 Å². The van der Waals surface area contributed by atoms with Crippen LogP contribution in [-0.4, -0.2) is 31.1 Å². The number of ether oxygens (including phenoxy) is 2. The number of benzene rings is 3. The lowest BCUT2D eigenvalue weighted by Gasteiger charge is -2.31. The number of hydrogen-bond acceptors (Lipinski definition) is 4. The van der Waals surface area contributed by atoms with E-state index in [-0.39, 0.29) is 24.3 Å². The van der Waals surface area contributed by atoms with Gasteiger partial charge in [0.15, 0.2) is 0 Å². The minimum atomic E-state index is -0.989. The molecule has 3 aromatic rings. The molecule has 6 heteroatoms. The summed E-state index contributed by atoms with van der Waals surface area (Å²) in [5.41, 5.74) is 2.28. The van der Waals surface area contributed by atoms with Crippen molar-refractivity contribution in [1.82, 2.24) is 0 Å². The maximum absolute atomic E-state index is 13.8. The average Bonchev–Trinajstić information content (AvgIpc) is 2.88. The number of carbonyl (C=O) groups is 2. The maximum atomic E-state index is 13.8. The molecule has 1 aliphatic heterocycles. The fourth-order valence-corrected chi connectivity index (χ4v) is 4.61. The zero-order valence-electron chi connectivity index (χ0n) is 20.0. The first-order valence-electron chi connectivity index (χ1n) is 11.6. The van der Waals surface area contributed by atoms with E-state index in [0.717, 1.165) is 27.6 Å². The summed E-state index contributed by atoms with van der Waals surface area (Å²) in [5.74, 6) is -0.716. The Morgan fingerprint density at radius 1 is 1.06 bits per heavy atom. The summed E-state index contributed by atoms with van der Waals surface area (Å²) in [4.78, 5) is 28.0. The van der Waals surface area contributed by atoms with Crippen LogP contribution in [0.2, 0.25) is 5.02 Å². The van der Waals surface area contributed by atoms with E-state index in [9.17, 15) is 9.59 Å². The second kappa shape index (κ2) is 9.77. The molecule has 0 radical (unpaired) electrons. The third kappa shape index (κ3) is 5.11. The summed E-state index contributed by atoms with van der Waals surface area (Å²) in [5, 5.41) is 2.64. The second-order valence-electron chi connectivity index (χ2n) is 9.77. The molecule has 1 amide bonds. The Kier molecular flexibility index (Phi) is 6.96. The summed E-state index contributed by atoms with van der Waals surface area (Å²) in [6, 6.07) is 19.6. The minimum Gasteiger partial charge on any atom is -0.466 e. The summed E-state index contributed by atoms with van der Waals surface area (Å²) in [6.45, 7) is 8.67. The van der Waals surface area contributed by atoms with Gasteiger partial charge in [0, 0.05) is 22.8 Å². The number of rotatable bonds is 5. The molecular formula is C28H30ClNO4. The molecule has 0 saturated heterocycles. The Hall–Kier alpha value is -2.89. The molecule has 0 spiro atoms. The number of esters is 1. The molecule has 0 aromatic heterocycles. The van der Waals surface area contributed by atoms with Crippen molar-refractivity contribution in [3.05, 3.63) is 76.8 Å². The fourth-order valence-electron chi connectivity index (χ4n) is 4.43. The van der Waals surface area contributed by atoms with Gasteiger partial charge in [0.25, 0.3) is 5.91 Å². The highest BCUT2D eigenvalue weighted by atomic mass is 35.5. The van der Waals surface area contributed by atoms with Crippen molar-refractivity contribution in [3.63, 3.8) is 0 Å². The highest BCUT2D eigenvalue weighted by Crippen LogP contribution is 2.42. The SMILES string of the molecule is CCOC(=O)C[C@H]1O[C@H](c2cccc3ccccc23)c2cc(Cl)ccc2N(CC(C)(C)C)C1=O. The zero-order valence-corrected chi connectivity index (χ0v) is 20.8. The molecule has 0 N–H and O–H groups in total. The van der Waals surface area contributed by atoms with Crippen LogP contribution in [0.1, 0.15) is 51.3 Å². The van der Waals surface area contributed by atoms with E-state index in [4.69, 9.17) is 21.1 Å². The number of amides is 1. The number of nitrogens with zero attached hydrogens (tertiary/aromatic N) is 1. The summed E-state index contributed by atoms with van der Waals surface area (Å²) in [6.07, 6.45) is -1.74. The summed E-state index contributed by atoms with van der Waals surface area (Å²) < 4.78 is 11.7. The molecule has 1 aliphatic rings. The molecule has 1 heterocycles. The van der Waals surface area contributed by atoms with Crippen molar-refractivity contribution in [2.24, 2.45) is 5.41 Å². The van der Waals surface area contributed by atoms with Gasteiger partial charge < -0.3 is 14.4 Å². The third-order valence-electron chi connectivity index (χ3n) is 5.80. The highest BCUT2D eigenvalue weighted by molar-refractivity contribution is 6.30. The van der Waals surface area contributed by atoms with Crippen LogP contribution in [0.4, 0.5) is 5.69 Å². The molecule has 0 unspecified atom stereocenters. The van der Waals surface area contributed by atoms with Crippen LogP contribution < -0.4 is 4.90 Å². The Morgan fingerprint density at radius 2 is 1.79 bits per heavy atom. The van der Waals surface area contributed by atoms with E-state index in [2.05, 4.69) is 20.8 Å². The van der Waals surface area contributed by atoms with Gasteiger partial charge in [0.1, 0.15) is 12.2 Å². The Balaban J connectivity index is 1.91. The van der Waals surface area contributed by atoms with E-state index in [1.54, 1.807) is 17.9 Å². The van der Waals surface area contributed by atoms with Crippen molar-refractivity contribution >= 4 is 39.9 Å². The number of fused-ring (bicyclic) bond motifs is 2. The predicted octanol–water partition coefficient (Wildman–Crippen LogP) is 6.31. The standard InChI is InChI=1S/C28H30ClNO4/c1-5-33-25(31)16-24-27(32)30(17-28(2,3)4)23-14-13-19(29)15-22(23)26(34-24)21-12-8-10-18-9-6-7-11-20(18)21/h6-15,24,26H,5,16-17H2,1-4H3/t24-,26-/m1/s1. The lowest BCUT2D eigenvalue weighted by molar-refractivity contribution is -0.151. The van der Waals surface area contributed by atoms with Crippen LogP contribution in [0.15, 0.2) is 60.7 Å². The van der Waals surface area contributed by atoms with Crippen LogP contribution in [-0.2, 0) is 19.1 Å². The van der Waals surface area contributed by atoms with Crippen molar-refractivity contribution in [1.29, 1.82) is 0 Å². The van der Waals surface area contributed by atoms with Gasteiger partial charge in [-0.3, -0.25) is 9.59 Å². The summed E-state index contributed by atoms with van der Waals surface area (Å²) >= 11 is 6.45. The van der Waals surface area contributed by atoms with Crippen LogP contribution >= 0.6 is 11.6 Å². The molecule has 34 heavy (non-hydrogen) atoms. The number of carbonyl (C=O) groups excluding carboxylic acids is 2. The predicted molar refractivity (Wildman–Crippen MR) is 135 cm³/mol. The average molecular weight is 480 g/mol. The van der Waals surface area contributed by atoms with Gasteiger partial charge in [-0.1, -0.05) is 74.8 Å². The molecule has 3 aromatic carbocycles. The van der Waals surface area contributed by atoms with Crippen LogP contribution in [0.25, 0.3) is 10.8 Å². The second-order valence-corrected chi connectivity index (χ2v) is 10.2. The van der Waals surface area contributed by atoms with Gasteiger partial charge >= 0.3 is 5.97 Å². The quantitative estimate of drug-likeness (QED) is 0.402. The molecule has 2 atom stereocenters. The lowest BCUT2D eigenvalue weighted by atomic mass is 9.93. The molecule has 0 aliphatic carbocycles. The van der Waals surface area contributed by atoms with Crippen molar-refractivity contribution in [3.8, 4) is 0 Å². The van der Waals surface area contributed by atoms with E-state index < -0.39 is 18.2 Å². The maximum Gasteiger partial charge on any atom is 0.308 e. The van der Waals surface area contributed by atoms with Crippen molar-refractivity contribution in [2.45, 2.75) is 46.3 Å². The van der Waals surface area contributed by atoms with Gasteiger partial charge in [-0.05, 0) is 46.9 Å². The van der Waals surface area contributed by atoms with E-state index in [0.29, 0.717) is 11.6 Å². The monoisotopic (exact) mass is 479 g/mol. The molecule has 5 nitrogen and oxygen atoms in total. The van der Waals surface area contributed by atoms with Gasteiger partial charge in [-0.15, -0.1) is 0 Å². The van der Waals surface area contributed by atoms with Crippen LogP contribution in [0.5, 0.6) is 0 Å². The number of hydrogen-bond donors (Lipinski definition) is 0. The Labute approximate surface area is 205 Å². The topological polar surface area (TPSA) is 55.8 Å². The lowest BCUT2D eigenvalue weighted by Crippen LogP contribution is -2.44. The largest absolute Gasteiger partial charge is 0.466 e. The van der Waals surface area contributed by atoms with Crippen molar-refractivity contribution < 1.29 is 19.1 Å². The fraction of sp³-hybridized carbons (Fsp3) is 0.357. The third-order valence-corrected chi connectivity index (χ3v) is 6.04. The first-order valence-corrected chi connectivity index (χ1v) is 12.0. The minimum absolute atomic E-state index is 0.156. The normalized spacial score (nSPS) is 18.5.